The molecular formula is C35H31N2O4. The molecule has 3 N–H and O–H groups in total. The maximum Gasteiger partial charge on any atom is 0.242 e. The van der Waals surface area contributed by atoms with Gasteiger partial charge >= 0.3 is 0 Å². The number of carbonyl (C=O) groups excluding carboxylic acids is 3. The molecule has 2 aliphatic rings. The first kappa shape index (κ1) is 27.0. The SMILES string of the molecule is O=[C]C(O)(C(=O)C1NCCc2ccccc21)C(C(=O)C1Cc2ccccc2CN1)(c1ccccc1)c1ccccc1. The second-order valence-corrected chi connectivity index (χ2v) is 10.8. The summed E-state index contributed by atoms with van der Waals surface area (Å²) in [5.41, 5.74) is -0.505. The summed E-state index contributed by atoms with van der Waals surface area (Å²) in [4.78, 5) is 42.9. The quantitative estimate of drug-likeness (QED) is 0.294. The van der Waals surface area contributed by atoms with E-state index in [0.717, 1.165) is 16.7 Å². The van der Waals surface area contributed by atoms with Gasteiger partial charge in [0.2, 0.25) is 11.9 Å². The summed E-state index contributed by atoms with van der Waals surface area (Å²) in [6.07, 6.45) is 2.81. The third-order valence-corrected chi connectivity index (χ3v) is 8.60. The lowest BCUT2D eigenvalue weighted by molar-refractivity contribution is -0.146. The van der Waals surface area contributed by atoms with Gasteiger partial charge in [-0.2, -0.15) is 0 Å². The molecule has 2 heterocycles. The van der Waals surface area contributed by atoms with Crippen molar-refractivity contribution < 1.29 is 19.5 Å². The average molecular weight is 544 g/mol. The smallest absolute Gasteiger partial charge is 0.242 e. The molecule has 0 amide bonds. The Morgan fingerprint density at radius 2 is 1.27 bits per heavy atom. The van der Waals surface area contributed by atoms with Gasteiger partial charge in [-0.15, -0.1) is 0 Å². The molecule has 41 heavy (non-hydrogen) atoms. The summed E-state index contributed by atoms with van der Waals surface area (Å²) >= 11 is 0. The van der Waals surface area contributed by atoms with Crippen LogP contribution in [0.4, 0.5) is 0 Å². The van der Waals surface area contributed by atoms with Gasteiger partial charge in [-0.1, -0.05) is 109 Å². The number of benzene rings is 4. The molecule has 6 heteroatoms. The highest BCUT2D eigenvalue weighted by Crippen LogP contribution is 2.46. The highest BCUT2D eigenvalue weighted by atomic mass is 16.3. The Labute approximate surface area is 239 Å². The first-order chi connectivity index (χ1) is 20.0. The van der Waals surface area contributed by atoms with E-state index in [0.29, 0.717) is 42.6 Å². The van der Waals surface area contributed by atoms with E-state index in [1.807, 2.05) is 48.5 Å². The third kappa shape index (κ3) is 4.36. The van der Waals surface area contributed by atoms with Crippen LogP contribution in [0.5, 0.6) is 0 Å². The van der Waals surface area contributed by atoms with Gasteiger partial charge in [-0.25, -0.2) is 0 Å². The van der Waals surface area contributed by atoms with Gasteiger partial charge in [-0.05, 0) is 46.2 Å². The van der Waals surface area contributed by atoms with Gasteiger partial charge in [0.15, 0.2) is 11.6 Å². The highest BCUT2D eigenvalue weighted by Gasteiger charge is 2.65. The Morgan fingerprint density at radius 3 is 1.90 bits per heavy atom. The fourth-order valence-electron chi connectivity index (χ4n) is 6.58. The van der Waals surface area contributed by atoms with Crippen molar-refractivity contribution >= 4 is 17.9 Å². The molecular weight excluding hydrogens is 512 g/mol. The van der Waals surface area contributed by atoms with Crippen molar-refractivity contribution in [1.82, 2.24) is 10.6 Å². The minimum atomic E-state index is -2.85. The lowest BCUT2D eigenvalue weighted by Crippen LogP contribution is -2.68. The second-order valence-electron chi connectivity index (χ2n) is 10.8. The Bertz CT molecular complexity index is 1550. The van der Waals surface area contributed by atoms with Crippen LogP contribution in [0.25, 0.3) is 0 Å². The van der Waals surface area contributed by atoms with Crippen LogP contribution in [0.15, 0.2) is 109 Å². The van der Waals surface area contributed by atoms with Crippen LogP contribution in [0, 0.1) is 0 Å². The second kappa shape index (κ2) is 11.0. The Morgan fingerprint density at radius 1 is 0.707 bits per heavy atom. The van der Waals surface area contributed by atoms with E-state index in [-0.39, 0.29) is 0 Å². The van der Waals surface area contributed by atoms with Crippen molar-refractivity contribution in [3.05, 3.63) is 143 Å². The van der Waals surface area contributed by atoms with Crippen LogP contribution < -0.4 is 10.6 Å². The number of aliphatic hydroxyl groups is 1. The van der Waals surface area contributed by atoms with E-state index in [1.165, 1.54) is 0 Å². The standard InChI is InChI=1S/C35H31N2O4/c38-23-34(41,33(40)31-29-18-10-9-11-24(29)19-20-36-31)35(27-14-3-1-4-15-27,28-16-5-2-6-17-28)32(39)30-21-25-12-7-8-13-26(25)22-37-30/h1-18,30-31,36-37,41H,19-22H2. The maximum absolute atomic E-state index is 15.1. The zero-order valence-electron chi connectivity index (χ0n) is 22.5. The predicted octanol–water partition coefficient (Wildman–Crippen LogP) is 3.55. The molecule has 0 aliphatic carbocycles. The van der Waals surface area contributed by atoms with Gasteiger partial charge in [0.1, 0.15) is 5.41 Å². The third-order valence-electron chi connectivity index (χ3n) is 8.60. The zero-order valence-corrected chi connectivity index (χ0v) is 22.5. The summed E-state index contributed by atoms with van der Waals surface area (Å²) in [6, 6.07) is 30.9. The molecule has 6 nitrogen and oxygen atoms in total. The van der Waals surface area contributed by atoms with E-state index < -0.39 is 34.7 Å². The van der Waals surface area contributed by atoms with Crippen molar-refractivity contribution in [2.24, 2.45) is 0 Å². The van der Waals surface area contributed by atoms with Crippen molar-refractivity contribution in [3.63, 3.8) is 0 Å². The molecule has 0 saturated heterocycles. The highest BCUT2D eigenvalue weighted by molar-refractivity contribution is 6.16. The molecule has 3 atom stereocenters. The summed E-state index contributed by atoms with van der Waals surface area (Å²) in [5.74, 6) is -1.27. The molecule has 4 aromatic rings. The topological polar surface area (TPSA) is 95.5 Å². The maximum atomic E-state index is 15.1. The van der Waals surface area contributed by atoms with Gasteiger partial charge in [-0.3, -0.25) is 14.4 Å². The molecule has 1 radical (unpaired) electrons. The molecule has 0 aromatic heterocycles. The van der Waals surface area contributed by atoms with Crippen LogP contribution in [0.2, 0.25) is 0 Å². The van der Waals surface area contributed by atoms with Gasteiger partial charge in [0.05, 0.1) is 12.1 Å². The number of hydrogen-bond acceptors (Lipinski definition) is 6. The van der Waals surface area contributed by atoms with Crippen molar-refractivity contribution in [2.75, 3.05) is 6.54 Å². The van der Waals surface area contributed by atoms with Crippen LogP contribution >= 0.6 is 0 Å². The molecule has 6 rings (SSSR count). The van der Waals surface area contributed by atoms with Crippen molar-refractivity contribution in [1.29, 1.82) is 0 Å². The van der Waals surface area contributed by atoms with Crippen LogP contribution in [-0.2, 0) is 39.2 Å². The summed E-state index contributed by atoms with van der Waals surface area (Å²) in [5, 5.41) is 19.2. The lowest BCUT2D eigenvalue weighted by Gasteiger charge is -2.46. The molecule has 0 saturated carbocycles. The van der Waals surface area contributed by atoms with Gasteiger partial charge in [0.25, 0.3) is 0 Å². The molecule has 0 bridgehead atoms. The fourth-order valence-corrected chi connectivity index (χ4v) is 6.58. The molecule has 0 spiro atoms. The van der Waals surface area contributed by atoms with Crippen molar-refractivity contribution in [2.45, 2.75) is 42.5 Å². The normalized spacial score (nSPS) is 19.7. The van der Waals surface area contributed by atoms with E-state index in [4.69, 9.17) is 0 Å². The van der Waals surface area contributed by atoms with Crippen LogP contribution in [0.1, 0.15) is 39.4 Å². The van der Waals surface area contributed by atoms with E-state index >= 15 is 4.79 Å². The molecule has 3 unspecified atom stereocenters. The first-order valence-electron chi connectivity index (χ1n) is 13.9. The monoisotopic (exact) mass is 543 g/mol. The van der Waals surface area contributed by atoms with Crippen LogP contribution in [-0.4, -0.2) is 41.1 Å². The average Bonchev–Trinajstić information content (AvgIpc) is 3.05. The molecule has 4 aromatic carbocycles. The number of carbonyl (C=O) groups is 2. The molecule has 2 aliphatic heterocycles. The summed E-state index contributed by atoms with van der Waals surface area (Å²) in [6.45, 7) is 0.932. The Kier molecular flexibility index (Phi) is 7.22. The number of fused-ring (bicyclic) bond motifs is 2. The predicted molar refractivity (Wildman–Crippen MR) is 156 cm³/mol. The zero-order chi connectivity index (χ0) is 28.5. The van der Waals surface area contributed by atoms with Crippen molar-refractivity contribution in [3.8, 4) is 0 Å². The first-order valence-corrected chi connectivity index (χ1v) is 13.9. The van der Waals surface area contributed by atoms with E-state index in [9.17, 15) is 14.7 Å². The lowest BCUT2D eigenvalue weighted by atomic mass is 9.57. The fraction of sp³-hybridized carbons (Fsp3) is 0.229. The summed E-state index contributed by atoms with van der Waals surface area (Å²) < 4.78 is 0. The minimum absolute atomic E-state index is 0.347. The summed E-state index contributed by atoms with van der Waals surface area (Å²) in [7, 11) is 0. The van der Waals surface area contributed by atoms with Gasteiger partial charge in [0, 0.05) is 13.1 Å². The Balaban J connectivity index is 1.58. The number of ketones is 2. The van der Waals surface area contributed by atoms with Crippen LogP contribution in [0.3, 0.4) is 0 Å². The van der Waals surface area contributed by atoms with E-state index in [1.54, 1.807) is 66.9 Å². The Hall–Kier alpha value is -4.23. The molecule has 0 fully saturated rings. The number of rotatable bonds is 8. The number of Topliss-reactive ketones (excluding diaryl/α,β-unsaturated/α-hetero) is 2. The largest absolute Gasteiger partial charge is 0.373 e. The minimum Gasteiger partial charge on any atom is -0.373 e. The molecule has 205 valence electrons. The van der Waals surface area contributed by atoms with Gasteiger partial charge < -0.3 is 15.7 Å². The van der Waals surface area contributed by atoms with E-state index in [2.05, 4.69) is 10.6 Å². The number of hydrogen-bond donors (Lipinski definition) is 3. The number of nitrogens with one attached hydrogen (secondary N) is 2.